The van der Waals surface area contributed by atoms with Crippen LogP contribution in [0.25, 0.3) is 11.4 Å². The summed E-state index contributed by atoms with van der Waals surface area (Å²) in [6, 6.07) is 17.9. The van der Waals surface area contributed by atoms with Crippen LogP contribution < -0.4 is 15.4 Å². The number of ether oxygens (including phenoxy) is 2. The summed E-state index contributed by atoms with van der Waals surface area (Å²) < 4.78 is 11.1. The molecule has 1 unspecified atom stereocenters. The van der Waals surface area contributed by atoms with Gasteiger partial charge in [0, 0.05) is 25.3 Å². The van der Waals surface area contributed by atoms with Crippen LogP contribution in [0.4, 0.5) is 0 Å². The molecule has 1 atom stereocenters. The largest absolute Gasteiger partial charge is 0.497 e. The third-order valence-corrected chi connectivity index (χ3v) is 4.86. The molecule has 33 heavy (non-hydrogen) atoms. The van der Waals surface area contributed by atoms with Crippen molar-refractivity contribution in [2.45, 2.75) is 32.9 Å². The number of aromatic amines is 1. The van der Waals surface area contributed by atoms with Gasteiger partial charge in [-0.2, -0.15) is 5.10 Å². The number of hydrogen-bond donors (Lipinski definition) is 3. The van der Waals surface area contributed by atoms with E-state index in [-0.39, 0.29) is 30.1 Å². The van der Waals surface area contributed by atoms with Crippen LogP contribution in [0.2, 0.25) is 0 Å². The molecule has 0 aliphatic heterocycles. The predicted molar refractivity (Wildman–Crippen MR) is 142 cm³/mol. The fourth-order valence-corrected chi connectivity index (χ4v) is 3.09. The molecule has 3 aromatic rings. The van der Waals surface area contributed by atoms with Gasteiger partial charge in [-0.1, -0.05) is 30.3 Å². The van der Waals surface area contributed by atoms with Crippen LogP contribution in [0.3, 0.4) is 0 Å². The van der Waals surface area contributed by atoms with E-state index in [1.54, 1.807) is 7.11 Å². The summed E-state index contributed by atoms with van der Waals surface area (Å²) in [5.74, 6) is 2.88. The third kappa shape index (κ3) is 8.65. The highest BCUT2D eigenvalue weighted by molar-refractivity contribution is 14.0. The fraction of sp³-hybridized carbons (Fsp3) is 0.375. The van der Waals surface area contributed by atoms with Crippen LogP contribution in [-0.4, -0.2) is 47.9 Å². The topological polar surface area (TPSA) is 96.5 Å². The highest BCUT2D eigenvalue weighted by Gasteiger charge is 2.07. The Bertz CT molecular complexity index is 963. The molecule has 0 saturated carbocycles. The molecule has 0 saturated heterocycles. The number of rotatable bonds is 11. The maximum atomic E-state index is 5.93. The van der Waals surface area contributed by atoms with Crippen LogP contribution >= 0.6 is 24.0 Å². The molecule has 0 radical (unpaired) electrons. The van der Waals surface area contributed by atoms with E-state index < -0.39 is 0 Å². The predicted octanol–water partition coefficient (Wildman–Crippen LogP) is 4.32. The summed E-state index contributed by atoms with van der Waals surface area (Å²) in [6.45, 7) is 6.74. The quantitative estimate of drug-likeness (QED) is 0.139. The minimum absolute atomic E-state index is 0. The summed E-state index contributed by atoms with van der Waals surface area (Å²) in [6.07, 6.45) is 0.968. The van der Waals surface area contributed by atoms with Crippen LogP contribution in [0.1, 0.15) is 37.8 Å². The summed E-state index contributed by atoms with van der Waals surface area (Å²) >= 11 is 0. The Labute approximate surface area is 212 Å². The average molecular weight is 564 g/mol. The minimum atomic E-state index is 0. The van der Waals surface area contributed by atoms with Crippen molar-refractivity contribution in [3.63, 3.8) is 0 Å². The van der Waals surface area contributed by atoms with E-state index in [2.05, 4.69) is 49.9 Å². The van der Waals surface area contributed by atoms with E-state index in [1.165, 1.54) is 5.56 Å². The van der Waals surface area contributed by atoms with Gasteiger partial charge in [0.2, 0.25) is 0 Å². The molecule has 0 aliphatic carbocycles. The number of aromatic nitrogens is 3. The zero-order valence-electron chi connectivity index (χ0n) is 19.4. The first-order chi connectivity index (χ1) is 15.7. The first-order valence-corrected chi connectivity index (χ1v) is 10.9. The standard InChI is InChI=1S/C24H32N6O2.HI/c1-4-25-24(26-15-8-16-32-18(2)19-9-6-5-7-10-19)27-17-22-28-23(30-29-22)20-11-13-21(31-3)14-12-20;/h5-7,9-14,18H,4,8,15-17H2,1-3H3,(H2,25,26,27)(H,28,29,30);1H. The molecule has 0 bridgehead atoms. The third-order valence-electron chi connectivity index (χ3n) is 4.86. The minimum Gasteiger partial charge on any atom is -0.497 e. The van der Waals surface area contributed by atoms with Crippen LogP contribution in [-0.2, 0) is 11.3 Å². The molecule has 178 valence electrons. The van der Waals surface area contributed by atoms with Crippen LogP contribution in [0, 0.1) is 0 Å². The van der Waals surface area contributed by atoms with Gasteiger partial charge < -0.3 is 20.1 Å². The van der Waals surface area contributed by atoms with Gasteiger partial charge in [0.15, 0.2) is 11.8 Å². The lowest BCUT2D eigenvalue weighted by molar-refractivity contribution is 0.0646. The van der Waals surface area contributed by atoms with Crippen molar-refractivity contribution in [2.75, 3.05) is 26.8 Å². The molecule has 1 aromatic heterocycles. The Morgan fingerprint density at radius 2 is 1.85 bits per heavy atom. The zero-order chi connectivity index (χ0) is 22.6. The lowest BCUT2D eigenvalue weighted by atomic mass is 10.1. The van der Waals surface area contributed by atoms with Crippen molar-refractivity contribution in [3.05, 3.63) is 66.0 Å². The first-order valence-electron chi connectivity index (χ1n) is 10.9. The molecule has 0 fully saturated rings. The van der Waals surface area contributed by atoms with Gasteiger partial charge >= 0.3 is 0 Å². The van der Waals surface area contributed by atoms with Crippen molar-refractivity contribution >= 4 is 29.9 Å². The molecule has 1 heterocycles. The molecular formula is C24H33IN6O2. The number of guanidine groups is 1. The second-order valence-corrected chi connectivity index (χ2v) is 7.23. The summed E-state index contributed by atoms with van der Waals surface area (Å²) in [4.78, 5) is 9.13. The monoisotopic (exact) mass is 564 g/mol. The van der Waals surface area contributed by atoms with E-state index in [1.807, 2.05) is 49.4 Å². The molecule has 0 amide bonds. The number of nitrogens with zero attached hydrogens (tertiary/aromatic N) is 3. The Balaban J connectivity index is 0.00000385. The van der Waals surface area contributed by atoms with Crippen LogP contribution in [0.15, 0.2) is 59.6 Å². The molecule has 3 N–H and O–H groups in total. The molecule has 2 aromatic carbocycles. The normalized spacial score (nSPS) is 12.0. The maximum absolute atomic E-state index is 5.93. The Kier molecular flexibility index (Phi) is 11.7. The van der Waals surface area contributed by atoms with Crippen molar-refractivity contribution in [1.82, 2.24) is 25.8 Å². The van der Waals surface area contributed by atoms with Crippen molar-refractivity contribution in [2.24, 2.45) is 4.99 Å². The van der Waals surface area contributed by atoms with Crippen LogP contribution in [0.5, 0.6) is 5.75 Å². The molecule has 0 aliphatic rings. The highest BCUT2D eigenvalue weighted by Crippen LogP contribution is 2.19. The lowest BCUT2D eigenvalue weighted by Gasteiger charge is -2.14. The average Bonchev–Trinajstić information content (AvgIpc) is 3.32. The Morgan fingerprint density at radius 1 is 1.09 bits per heavy atom. The van der Waals surface area contributed by atoms with E-state index in [0.29, 0.717) is 24.8 Å². The fourth-order valence-electron chi connectivity index (χ4n) is 3.09. The van der Waals surface area contributed by atoms with E-state index >= 15 is 0 Å². The number of aliphatic imine (C=N–C) groups is 1. The Morgan fingerprint density at radius 3 is 2.55 bits per heavy atom. The number of methoxy groups -OCH3 is 1. The van der Waals surface area contributed by atoms with Gasteiger partial charge in [-0.05, 0) is 50.1 Å². The molecule has 9 heteroatoms. The number of hydrogen-bond acceptors (Lipinski definition) is 5. The zero-order valence-corrected chi connectivity index (χ0v) is 21.7. The van der Waals surface area contributed by atoms with E-state index in [4.69, 9.17) is 9.47 Å². The smallest absolute Gasteiger partial charge is 0.191 e. The molecule has 3 rings (SSSR count). The van der Waals surface area contributed by atoms with Gasteiger partial charge in [-0.3, -0.25) is 5.10 Å². The number of halogens is 1. The maximum Gasteiger partial charge on any atom is 0.191 e. The highest BCUT2D eigenvalue weighted by atomic mass is 127. The summed E-state index contributed by atoms with van der Waals surface area (Å²) in [5, 5.41) is 13.8. The SMILES string of the molecule is CCNC(=NCc1nc(-c2ccc(OC)cc2)n[nH]1)NCCCOC(C)c1ccccc1.I. The number of benzene rings is 2. The van der Waals surface area contributed by atoms with E-state index in [9.17, 15) is 0 Å². The van der Waals surface area contributed by atoms with Crippen molar-refractivity contribution < 1.29 is 9.47 Å². The van der Waals surface area contributed by atoms with E-state index in [0.717, 1.165) is 36.8 Å². The van der Waals surface area contributed by atoms with Crippen molar-refractivity contribution in [3.8, 4) is 17.1 Å². The Hall–Kier alpha value is -2.66. The molecule has 8 nitrogen and oxygen atoms in total. The number of nitrogens with one attached hydrogen (secondary N) is 3. The second-order valence-electron chi connectivity index (χ2n) is 7.23. The molecular weight excluding hydrogens is 531 g/mol. The van der Waals surface area contributed by atoms with Gasteiger partial charge in [-0.25, -0.2) is 9.98 Å². The first kappa shape index (κ1) is 26.6. The number of H-pyrrole nitrogens is 1. The molecule has 0 spiro atoms. The second kappa shape index (κ2) is 14.5. The van der Waals surface area contributed by atoms with Gasteiger partial charge in [0.05, 0.1) is 13.2 Å². The lowest BCUT2D eigenvalue weighted by Crippen LogP contribution is -2.38. The van der Waals surface area contributed by atoms with Crippen molar-refractivity contribution in [1.29, 1.82) is 0 Å². The summed E-state index contributed by atoms with van der Waals surface area (Å²) in [5.41, 5.74) is 2.11. The van der Waals surface area contributed by atoms with Gasteiger partial charge in [0.25, 0.3) is 0 Å². The van der Waals surface area contributed by atoms with Gasteiger partial charge in [0.1, 0.15) is 18.1 Å². The van der Waals surface area contributed by atoms with Gasteiger partial charge in [-0.15, -0.1) is 24.0 Å². The summed E-state index contributed by atoms with van der Waals surface area (Å²) in [7, 11) is 1.64.